The highest BCUT2D eigenvalue weighted by Crippen LogP contribution is 2.17. The molecule has 0 aromatic heterocycles. The van der Waals surface area contributed by atoms with Crippen LogP contribution in [0.25, 0.3) is 0 Å². The Hall–Kier alpha value is -2.37. The first-order valence-corrected chi connectivity index (χ1v) is 21.7. The maximum atomic E-state index is 13.0. The van der Waals surface area contributed by atoms with Crippen LogP contribution in [0.1, 0.15) is 244 Å². The molecule has 6 heteroatoms. The van der Waals surface area contributed by atoms with Gasteiger partial charge in [0.1, 0.15) is 0 Å². The van der Waals surface area contributed by atoms with E-state index in [1.165, 1.54) is 153 Å². The molecule has 0 saturated carbocycles. The second-order valence-electron chi connectivity index (χ2n) is 14.8. The lowest BCUT2D eigenvalue weighted by Crippen LogP contribution is -2.14. The SMILES string of the molecule is CCCCCCCCCCCCOC(=O)c1cc(C(=O)OCCCCCCCCCCCC)cc(C(=O)OCCCCCCCCCCCC)c1. The van der Waals surface area contributed by atoms with Gasteiger partial charge in [0.05, 0.1) is 36.5 Å². The standard InChI is InChI=1S/C45H78O6/c1-4-7-10-13-16-19-22-25-28-31-34-49-43(46)40-37-41(44(47)50-35-32-29-26-23-20-17-14-11-8-5-2)39-42(38-40)45(48)51-36-33-30-27-24-21-18-15-12-9-6-3/h37-39H,4-36H2,1-3H3. The van der Waals surface area contributed by atoms with E-state index in [2.05, 4.69) is 20.8 Å². The number of benzene rings is 1. The molecule has 0 atom stereocenters. The molecular weight excluding hydrogens is 636 g/mol. The van der Waals surface area contributed by atoms with E-state index in [4.69, 9.17) is 14.2 Å². The van der Waals surface area contributed by atoms with Crippen LogP contribution < -0.4 is 0 Å². The molecule has 0 aliphatic carbocycles. The molecule has 0 unspecified atom stereocenters. The van der Waals surface area contributed by atoms with Gasteiger partial charge in [-0.3, -0.25) is 0 Å². The molecular formula is C45H78O6. The normalized spacial score (nSPS) is 11.1. The number of hydrogen-bond donors (Lipinski definition) is 0. The Morgan fingerprint density at radius 2 is 0.490 bits per heavy atom. The summed E-state index contributed by atoms with van der Waals surface area (Å²) < 4.78 is 16.7. The van der Waals surface area contributed by atoms with Crippen LogP contribution in [-0.4, -0.2) is 37.7 Å². The van der Waals surface area contributed by atoms with Gasteiger partial charge >= 0.3 is 17.9 Å². The maximum Gasteiger partial charge on any atom is 0.338 e. The van der Waals surface area contributed by atoms with E-state index in [0.29, 0.717) is 19.8 Å². The number of carbonyl (C=O) groups is 3. The van der Waals surface area contributed by atoms with Gasteiger partial charge in [-0.15, -0.1) is 0 Å². The van der Waals surface area contributed by atoms with E-state index >= 15 is 0 Å². The second-order valence-corrected chi connectivity index (χ2v) is 14.8. The zero-order valence-corrected chi connectivity index (χ0v) is 33.5. The molecule has 0 aliphatic rings. The van der Waals surface area contributed by atoms with E-state index < -0.39 is 17.9 Å². The zero-order valence-electron chi connectivity index (χ0n) is 33.5. The van der Waals surface area contributed by atoms with Crippen LogP contribution in [0.5, 0.6) is 0 Å². The van der Waals surface area contributed by atoms with Gasteiger partial charge in [0.2, 0.25) is 0 Å². The first kappa shape index (κ1) is 46.7. The van der Waals surface area contributed by atoms with Crippen molar-refractivity contribution in [2.45, 2.75) is 213 Å². The van der Waals surface area contributed by atoms with Crippen molar-refractivity contribution in [1.82, 2.24) is 0 Å². The van der Waals surface area contributed by atoms with Gasteiger partial charge in [-0.1, -0.05) is 194 Å². The van der Waals surface area contributed by atoms with Crippen molar-refractivity contribution in [2.24, 2.45) is 0 Å². The molecule has 294 valence electrons. The molecule has 0 aliphatic heterocycles. The summed E-state index contributed by atoms with van der Waals surface area (Å²) in [5.74, 6) is -1.59. The van der Waals surface area contributed by atoms with Crippen molar-refractivity contribution < 1.29 is 28.6 Å². The first-order valence-electron chi connectivity index (χ1n) is 21.7. The monoisotopic (exact) mass is 715 g/mol. The van der Waals surface area contributed by atoms with Crippen molar-refractivity contribution in [2.75, 3.05) is 19.8 Å². The molecule has 1 aromatic rings. The van der Waals surface area contributed by atoms with Gasteiger partial charge in [-0.05, 0) is 37.5 Å². The summed E-state index contributed by atoms with van der Waals surface area (Å²) in [6.07, 6.45) is 36.0. The predicted molar refractivity (Wildman–Crippen MR) is 213 cm³/mol. The van der Waals surface area contributed by atoms with Gasteiger partial charge in [-0.25, -0.2) is 14.4 Å². The molecule has 1 aromatic carbocycles. The lowest BCUT2D eigenvalue weighted by molar-refractivity contribution is 0.0494. The van der Waals surface area contributed by atoms with E-state index in [9.17, 15) is 14.4 Å². The van der Waals surface area contributed by atoms with Crippen molar-refractivity contribution in [3.05, 3.63) is 34.9 Å². The predicted octanol–water partition coefficient (Wildman–Crippen LogP) is 13.9. The Balaban J connectivity index is 2.56. The van der Waals surface area contributed by atoms with Gasteiger partial charge in [0.25, 0.3) is 0 Å². The number of unbranched alkanes of at least 4 members (excludes halogenated alkanes) is 27. The Bertz CT molecular complexity index is 853. The van der Waals surface area contributed by atoms with E-state index in [-0.39, 0.29) is 16.7 Å². The average Bonchev–Trinajstić information content (AvgIpc) is 3.14. The van der Waals surface area contributed by atoms with Gasteiger partial charge in [0.15, 0.2) is 0 Å². The minimum absolute atomic E-state index is 0.182. The minimum Gasteiger partial charge on any atom is -0.462 e. The highest BCUT2D eigenvalue weighted by atomic mass is 16.5. The molecule has 0 bridgehead atoms. The molecule has 0 spiro atoms. The molecule has 0 amide bonds. The van der Waals surface area contributed by atoms with Gasteiger partial charge in [0, 0.05) is 0 Å². The number of rotatable bonds is 36. The Morgan fingerprint density at radius 1 is 0.314 bits per heavy atom. The van der Waals surface area contributed by atoms with E-state index in [1.807, 2.05) is 0 Å². The molecule has 51 heavy (non-hydrogen) atoms. The molecule has 0 radical (unpaired) electrons. The third-order valence-corrected chi connectivity index (χ3v) is 9.83. The van der Waals surface area contributed by atoms with Crippen LogP contribution >= 0.6 is 0 Å². The van der Waals surface area contributed by atoms with Crippen LogP contribution in [0.2, 0.25) is 0 Å². The fourth-order valence-corrected chi connectivity index (χ4v) is 6.49. The van der Waals surface area contributed by atoms with E-state index in [0.717, 1.165) is 57.8 Å². The Kier molecular flexibility index (Phi) is 31.7. The highest BCUT2D eigenvalue weighted by molar-refractivity contribution is 6.00. The van der Waals surface area contributed by atoms with Crippen LogP contribution in [0.4, 0.5) is 0 Å². The zero-order chi connectivity index (χ0) is 37.0. The van der Waals surface area contributed by atoms with Crippen molar-refractivity contribution >= 4 is 17.9 Å². The summed E-state index contributed by atoms with van der Waals surface area (Å²) in [6.45, 7) is 7.69. The fourth-order valence-electron chi connectivity index (χ4n) is 6.49. The first-order chi connectivity index (χ1) is 25.0. The number of esters is 3. The summed E-state index contributed by atoms with van der Waals surface area (Å²) in [4.78, 5) is 39.1. The lowest BCUT2D eigenvalue weighted by Gasteiger charge is -2.11. The fraction of sp³-hybridized carbons (Fsp3) is 0.800. The van der Waals surface area contributed by atoms with E-state index in [1.54, 1.807) is 0 Å². The Labute approximate surface area is 313 Å². The van der Waals surface area contributed by atoms with Crippen LogP contribution in [0, 0.1) is 0 Å². The molecule has 0 N–H and O–H groups in total. The van der Waals surface area contributed by atoms with Crippen LogP contribution in [-0.2, 0) is 14.2 Å². The van der Waals surface area contributed by atoms with Crippen molar-refractivity contribution in [1.29, 1.82) is 0 Å². The van der Waals surface area contributed by atoms with Crippen LogP contribution in [0.15, 0.2) is 18.2 Å². The molecule has 0 fully saturated rings. The largest absolute Gasteiger partial charge is 0.462 e. The summed E-state index contributed by atoms with van der Waals surface area (Å²) in [5, 5.41) is 0. The quantitative estimate of drug-likeness (QED) is 0.0391. The third kappa shape index (κ3) is 27.0. The molecule has 0 saturated heterocycles. The third-order valence-electron chi connectivity index (χ3n) is 9.83. The second kappa shape index (κ2) is 34.7. The summed E-state index contributed by atoms with van der Waals surface area (Å²) in [6, 6.07) is 4.46. The topological polar surface area (TPSA) is 78.9 Å². The number of hydrogen-bond acceptors (Lipinski definition) is 6. The maximum absolute atomic E-state index is 13.0. The lowest BCUT2D eigenvalue weighted by atomic mass is 10.1. The van der Waals surface area contributed by atoms with Crippen molar-refractivity contribution in [3.8, 4) is 0 Å². The number of ether oxygens (including phenoxy) is 3. The molecule has 6 nitrogen and oxygen atoms in total. The minimum atomic E-state index is -0.529. The summed E-state index contributed by atoms with van der Waals surface area (Å²) in [5.41, 5.74) is 0.545. The summed E-state index contributed by atoms with van der Waals surface area (Å²) in [7, 11) is 0. The highest BCUT2D eigenvalue weighted by Gasteiger charge is 2.19. The Morgan fingerprint density at radius 3 is 0.686 bits per heavy atom. The average molecular weight is 715 g/mol. The molecule has 0 heterocycles. The van der Waals surface area contributed by atoms with Crippen LogP contribution in [0.3, 0.4) is 0 Å². The van der Waals surface area contributed by atoms with Gasteiger partial charge in [-0.2, -0.15) is 0 Å². The van der Waals surface area contributed by atoms with Crippen molar-refractivity contribution in [3.63, 3.8) is 0 Å². The molecule has 1 rings (SSSR count). The van der Waals surface area contributed by atoms with Gasteiger partial charge < -0.3 is 14.2 Å². The summed E-state index contributed by atoms with van der Waals surface area (Å²) >= 11 is 0. The number of carbonyl (C=O) groups excluding carboxylic acids is 3. The smallest absolute Gasteiger partial charge is 0.338 e.